The van der Waals surface area contributed by atoms with E-state index in [1.165, 1.54) is 35.1 Å². The van der Waals surface area contributed by atoms with Crippen LogP contribution in [-0.4, -0.2) is 50.6 Å². The zero-order chi connectivity index (χ0) is 28.4. The van der Waals surface area contributed by atoms with Gasteiger partial charge in [0.1, 0.15) is 0 Å². The number of nitrogens with one attached hydrogen (secondary N) is 1. The van der Waals surface area contributed by atoms with Crippen molar-refractivity contribution >= 4 is 11.6 Å². The average molecular weight is 570 g/mol. The predicted octanol–water partition coefficient (Wildman–Crippen LogP) is 4.62. The molecular weight excluding hydrogens is 530 g/mol. The molecule has 1 saturated heterocycles. The largest absolute Gasteiger partial charge is 0.493 e. The zero-order valence-corrected chi connectivity index (χ0v) is 24.5. The Bertz CT molecular complexity index is 1420. The van der Waals surface area contributed by atoms with Crippen molar-refractivity contribution in [3.05, 3.63) is 46.5 Å². The van der Waals surface area contributed by atoms with Gasteiger partial charge in [-0.3, -0.25) is 9.59 Å². The summed E-state index contributed by atoms with van der Waals surface area (Å²) in [6.07, 6.45) is 9.71. The predicted molar refractivity (Wildman–Crippen MR) is 155 cm³/mol. The van der Waals surface area contributed by atoms with Crippen LogP contribution in [0.25, 0.3) is 0 Å². The Hall–Kier alpha value is -3.06. The number of carbonyl (C=O) groups excluding carboxylic acids is 2. The number of rotatable bonds is 2. The van der Waals surface area contributed by atoms with Gasteiger partial charge in [-0.05, 0) is 92.5 Å². The molecule has 4 bridgehead atoms. The van der Waals surface area contributed by atoms with Crippen molar-refractivity contribution in [3.63, 3.8) is 0 Å². The van der Waals surface area contributed by atoms with Gasteiger partial charge in [-0.25, -0.2) is 0 Å². The number of carbonyl (C=O) groups is 2. The molecule has 10 rings (SSSR count). The summed E-state index contributed by atoms with van der Waals surface area (Å²) in [4.78, 5) is 25.1. The Morgan fingerprint density at radius 1 is 0.762 bits per heavy atom. The Morgan fingerprint density at radius 2 is 1.36 bits per heavy atom. The van der Waals surface area contributed by atoms with Crippen LogP contribution in [0.1, 0.15) is 73.6 Å². The topological polar surface area (TPSA) is 83.1 Å². The van der Waals surface area contributed by atoms with E-state index in [9.17, 15) is 9.59 Å². The molecule has 7 nitrogen and oxygen atoms in total. The fraction of sp³-hybridized carbons (Fsp3) is 0.600. The number of ether oxygens (including phenoxy) is 4. The first-order valence-corrected chi connectivity index (χ1v) is 16.0. The number of Topliss-reactive ketones (excluding diaryl/α,β-unsaturated/α-hetero) is 2. The van der Waals surface area contributed by atoms with Gasteiger partial charge in [0.25, 0.3) is 0 Å². The minimum absolute atomic E-state index is 0.0320. The van der Waals surface area contributed by atoms with Gasteiger partial charge < -0.3 is 24.3 Å². The molecule has 2 aromatic rings. The van der Waals surface area contributed by atoms with Crippen LogP contribution in [0.3, 0.4) is 0 Å². The highest BCUT2D eigenvalue weighted by Gasteiger charge is 2.66. The fourth-order valence-corrected chi connectivity index (χ4v) is 11.2. The Kier molecular flexibility index (Phi) is 5.30. The highest BCUT2D eigenvalue weighted by molar-refractivity contribution is 5.90. The summed E-state index contributed by atoms with van der Waals surface area (Å²) in [6.45, 7) is 0.977. The smallest absolute Gasteiger partial charge is 0.174 e. The number of piperidine rings is 1. The van der Waals surface area contributed by atoms with E-state index in [2.05, 4.69) is 17.4 Å². The number of hydrogen-bond donors (Lipinski definition) is 1. The molecule has 5 aliphatic carbocycles. The van der Waals surface area contributed by atoms with E-state index in [4.69, 9.17) is 18.9 Å². The van der Waals surface area contributed by atoms with Gasteiger partial charge in [0, 0.05) is 40.8 Å². The van der Waals surface area contributed by atoms with Gasteiger partial charge in [-0.15, -0.1) is 0 Å². The van der Waals surface area contributed by atoms with Crippen molar-refractivity contribution in [2.45, 2.75) is 93.3 Å². The molecular formula is C35H39NO6. The molecule has 8 unspecified atom stereocenters. The van der Waals surface area contributed by atoms with Crippen molar-refractivity contribution in [3.8, 4) is 23.0 Å². The average Bonchev–Trinajstić information content (AvgIpc) is 3.52. The van der Waals surface area contributed by atoms with E-state index < -0.39 is 0 Å². The molecule has 220 valence electrons. The van der Waals surface area contributed by atoms with E-state index >= 15 is 0 Å². The molecule has 1 N–H and O–H groups in total. The minimum atomic E-state index is -0.286. The van der Waals surface area contributed by atoms with Crippen LogP contribution in [0, 0.1) is 17.8 Å². The first-order valence-electron chi connectivity index (χ1n) is 16.0. The molecule has 4 fully saturated rings. The zero-order valence-electron chi connectivity index (χ0n) is 24.5. The van der Waals surface area contributed by atoms with Crippen LogP contribution in [0.4, 0.5) is 0 Å². The number of hydrogen-bond acceptors (Lipinski definition) is 7. The maximum absolute atomic E-state index is 12.6. The molecule has 0 amide bonds. The first kappa shape index (κ1) is 25.4. The molecule has 8 atom stereocenters. The summed E-state index contributed by atoms with van der Waals surface area (Å²) in [5.41, 5.74) is 5.25. The third-order valence-corrected chi connectivity index (χ3v) is 12.6. The van der Waals surface area contributed by atoms with Gasteiger partial charge in [0.2, 0.25) is 0 Å². The molecule has 2 spiro atoms. The molecule has 8 aliphatic rings. The third-order valence-electron chi connectivity index (χ3n) is 12.6. The highest BCUT2D eigenvalue weighted by atomic mass is 16.5. The summed E-state index contributed by atoms with van der Waals surface area (Å²) in [5, 5.41) is 3.67. The van der Waals surface area contributed by atoms with Crippen LogP contribution in [-0.2, 0) is 33.3 Å². The molecule has 3 saturated carbocycles. The number of methoxy groups -OCH3 is 2. The van der Waals surface area contributed by atoms with Gasteiger partial charge in [-0.2, -0.15) is 0 Å². The summed E-state index contributed by atoms with van der Waals surface area (Å²) in [7, 11) is 3.36. The van der Waals surface area contributed by atoms with Crippen molar-refractivity contribution in [2.24, 2.45) is 17.8 Å². The normalized spacial score (nSPS) is 38.7. The van der Waals surface area contributed by atoms with Crippen LogP contribution in [0.5, 0.6) is 23.0 Å². The SMILES string of the molecule is COc1ccc2c3c1OC1C(=O)CCC4C(C2)NCCC314.COc1ccc2c3c1OC1C(=O)CCC4C(CCCC314)C2. The fourth-order valence-electron chi connectivity index (χ4n) is 11.2. The molecule has 3 aliphatic heterocycles. The molecule has 7 heteroatoms. The van der Waals surface area contributed by atoms with Crippen molar-refractivity contribution in [1.82, 2.24) is 5.32 Å². The van der Waals surface area contributed by atoms with Crippen LogP contribution >= 0.6 is 0 Å². The van der Waals surface area contributed by atoms with Crippen molar-refractivity contribution in [2.75, 3.05) is 20.8 Å². The second-order valence-corrected chi connectivity index (χ2v) is 13.9. The quantitative estimate of drug-likeness (QED) is 0.565. The van der Waals surface area contributed by atoms with E-state index in [0.29, 0.717) is 36.5 Å². The van der Waals surface area contributed by atoms with Crippen molar-refractivity contribution < 1.29 is 28.5 Å². The third kappa shape index (κ3) is 2.96. The van der Waals surface area contributed by atoms with Gasteiger partial charge in [0.15, 0.2) is 46.8 Å². The summed E-state index contributed by atoms with van der Waals surface area (Å²) in [5.74, 6) is 5.78. The first-order chi connectivity index (χ1) is 20.5. The van der Waals surface area contributed by atoms with Crippen LogP contribution in [0.15, 0.2) is 24.3 Å². The molecule has 42 heavy (non-hydrogen) atoms. The maximum atomic E-state index is 12.6. The van der Waals surface area contributed by atoms with Gasteiger partial charge in [0.05, 0.1) is 14.2 Å². The summed E-state index contributed by atoms with van der Waals surface area (Å²) >= 11 is 0. The Balaban J connectivity index is 0.000000119. The van der Waals surface area contributed by atoms with E-state index in [1.54, 1.807) is 14.2 Å². The standard InChI is InChI=1S/C18H20O3.C17H19NO3/c1-20-14-7-4-11-9-10-3-2-8-18-12(10)5-6-13(19)17(18)21-16(14)15(11)18;1-20-13-5-2-9-8-11-10-3-4-12(19)16-17(10,6-7-18-11)14(9)15(13)21-16/h4,7,10,12,17H,2-3,5-6,8-9H2,1H3;2,5,10-11,16,18H,3-4,6-8H2,1H3. The minimum Gasteiger partial charge on any atom is -0.493 e. The lowest BCUT2D eigenvalue weighted by Gasteiger charge is -2.54. The lowest BCUT2D eigenvalue weighted by atomic mass is 9.48. The van der Waals surface area contributed by atoms with Crippen LogP contribution in [0.2, 0.25) is 0 Å². The Morgan fingerprint density at radius 3 is 2.00 bits per heavy atom. The highest BCUT2D eigenvalue weighted by Crippen LogP contribution is 2.65. The number of ketones is 2. The number of benzene rings is 2. The lowest BCUT2D eigenvalue weighted by Crippen LogP contribution is -2.65. The van der Waals surface area contributed by atoms with E-state index in [0.717, 1.165) is 74.0 Å². The molecule has 0 aromatic heterocycles. The van der Waals surface area contributed by atoms with E-state index in [1.807, 2.05) is 12.1 Å². The molecule has 0 radical (unpaired) electrons. The van der Waals surface area contributed by atoms with Gasteiger partial charge >= 0.3 is 0 Å². The molecule has 3 heterocycles. The van der Waals surface area contributed by atoms with Crippen LogP contribution < -0.4 is 24.3 Å². The summed E-state index contributed by atoms with van der Waals surface area (Å²) in [6, 6.07) is 8.87. The van der Waals surface area contributed by atoms with Gasteiger partial charge in [-0.1, -0.05) is 18.6 Å². The maximum Gasteiger partial charge on any atom is 0.174 e. The van der Waals surface area contributed by atoms with Crippen molar-refractivity contribution in [1.29, 1.82) is 0 Å². The summed E-state index contributed by atoms with van der Waals surface area (Å²) < 4.78 is 23.5. The monoisotopic (exact) mass is 569 g/mol. The van der Waals surface area contributed by atoms with E-state index in [-0.39, 0.29) is 28.8 Å². The lowest BCUT2D eigenvalue weighted by molar-refractivity contribution is -0.136. The second-order valence-electron chi connectivity index (χ2n) is 13.9. The molecule has 2 aromatic carbocycles. The Labute approximate surface area is 246 Å². The second kappa shape index (κ2) is 8.75.